The fraction of sp³-hybridized carbons (Fsp3) is 0.444. The molecule has 2 aromatic rings. The maximum atomic E-state index is 5.31. The Hall–Kier alpha value is -0.800. The molecule has 3 rings (SSSR count). The summed E-state index contributed by atoms with van der Waals surface area (Å²) in [5.74, 6) is 0.939. The molecule has 0 amide bonds. The summed E-state index contributed by atoms with van der Waals surface area (Å²) < 4.78 is 5.31. The van der Waals surface area contributed by atoms with E-state index in [9.17, 15) is 0 Å². The van der Waals surface area contributed by atoms with E-state index in [0.29, 0.717) is 4.83 Å². The Labute approximate surface area is 139 Å². The molecule has 0 N–H and O–H groups in total. The molecule has 0 saturated carbocycles. The lowest BCUT2D eigenvalue weighted by Crippen LogP contribution is -1.94. The lowest BCUT2D eigenvalue weighted by molar-refractivity contribution is 0.414. The van der Waals surface area contributed by atoms with Gasteiger partial charge >= 0.3 is 0 Å². The third-order valence-electron chi connectivity index (χ3n) is 4.12. The molecule has 0 radical (unpaired) electrons. The van der Waals surface area contributed by atoms with Crippen molar-refractivity contribution < 1.29 is 4.74 Å². The van der Waals surface area contributed by atoms with E-state index in [4.69, 9.17) is 4.74 Å². The van der Waals surface area contributed by atoms with Gasteiger partial charge in [0.25, 0.3) is 0 Å². The Balaban J connectivity index is 1.74. The van der Waals surface area contributed by atoms with E-state index in [-0.39, 0.29) is 0 Å². The third kappa shape index (κ3) is 3.70. The Morgan fingerprint density at radius 2 is 2.05 bits per heavy atom. The fourth-order valence-corrected chi connectivity index (χ4v) is 4.97. The number of ether oxygens (including phenoxy) is 1. The Morgan fingerprint density at radius 1 is 1.19 bits per heavy atom. The second-order valence-electron chi connectivity index (χ2n) is 5.68. The van der Waals surface area contributed by atoms with Crippen molar-refractivity contribution in [1.82, 2.24) is 0 Å². The van der Waals surface area contributed by atoms with E-state index in [0.717, 1.165) is 12.2 Å². The molecule has 3 heteroatoms. The van der Waals surface area contributed by atoms with Crippen LogP contribution in [0.1, 0.15) is 45.0 Å². The van der Waals surface area contributed by atoms with Crippen molar-refractivity contribution >= 4 is 27.3 Å². The summed E-state index contributed by atoms with van der Waals surface area (Å²) in [7, 11) is 1.72. The van der Waals surface area contributed by atoms with Gasteiger partial charge in [-0.1, -0.05) is 34.5 Å². The van der Waals surface area contributed by atoms with E-state index in [2.05, 4.69) is 40.2 Å². The molecule has 1 heterocycles. The minimum Gasteiger partial charge on any atom is -0.497 e. The molecule has 1 aromatic carbocycles. The zero-order valence-corrected chi connectivity index (χ0v) is 14.8. The van der Waals surface area contributed by atoms with Crippen molar-refractivity contribution in [2.45, 2.75) is 43.4 Å². The molecule has 1 aliphatic carbocycles. The average molecular weight is 365 g/mol. The van der Waals surface area contributed by atoms with Crippen LogP contribution in [0.3, 0.4) is 0 Å². The van der Waals surface area contributed by atoms with Gasteiger partial charge in [-0.05, 0) is 61.4 Å². The molecule has 112 valence electrons. The number of hydrogen-bond donors (Lipinski definition) is 0. The van der Waals surface area contributed by atoms with Crippen LogP contribution in [0.4, 0.5) is 0 Å². The first-order valence-electron chi connectivity index (χ1n) is 7.65. The van der Waals surface area contributed by atoms with Crippen LogP contribution >= 0.6 is 27.3 Å². The summed E-state index contributed by atoms with van der Waals surface area (Å²) in [6.45, 7) is 0. The number of methoxy groups -OCH3 is 1. The van der Waals surface area contributed by atoms with Crippen LogP contribution in [0, 0.1) is 0 Å². The summed E-state index contributed by atoms with van der Waals surface area (Å²) in [5, 5.41) is 0. The highest BCUT2D eigenvalue weighted by atomic mass is 79.9. The predicted octanol–water partition coefficient (Wildman–Crippen LogP) is 5.70. The van der Waals surface area contributed by atoms with Gasteiger partial charge in [0.2, 0.25) is 0 Å². The van der Waals surface area contributed by atoms with E-state index in [1.54, 1.807) is 17.6 Å². The molecule has 21 heavy (non-hydrogen) atoms. The minimum absolute atomic E-state index is 0.404. The van der Waals surface area contributed by atoms with Gasteiger partial charge in [-0.3, -0.25) is 0 Å². The first kappa shape index (κ1) is 15.1. The first-order chi connectivity index (χ1) is 10.3. The number of alkyl halides is 1. The minimum atomic E-state index is 0.404. The molecule has 0 saturated heterocycles. The van der Waals surface area contributed by atoms with Crippen LogP contribution < -0.4 is 4.74 Å². The van der Waals surface area contributed by atoms with Crippen molar-refractivity contribution in [1.29, 1.82) is 0 Å². The second kappa shape index (κ2) is 6.97. The van der Waals surface area contributed by atoms with Crippen LogP contribution in [0.2, 0.25) is 0 Å². The second-order valence-corrected chi connectivity index (χ2v) is 7.95. The van der Waals surface area contributed by atoms with E-state index >= 15 is 0 Å². The van der Waals surface area contributed by atoms with Gasteiger partial charge in [-0.25, -0.2) is 0 Å². The third-order valence-corrected chi connectivity index (χ3v) is 6.59. The van der Waals surface area contributed by atoms with Crippen molar-refractivity contribution in [3.05, 3.63) is 51.2 Å². The molecule has 1 aliphatic rings. The lowest BCUT2D eigenvalue weighted by atomic mass is 10.1. The Morgan fingerprint density at radius 3 is 2.90 bits per heavy atom. The van der Waals surface area contributed by atoms with Gasteiger partial charge in [-0.2, -0.15) is 0 Å². The highest BCUT2D eigenvalue weighted by molar-refractivity contribution is 9.09. The topological polar surface area (TPSA) is 9.23 Å². The SMILES string of the molecule is COc1cccc(CC(Br)c2cc3c(s2)CCCCC3)c1. The van der Waals surface area contributed by atoms with Crippen LogP contribution in [0.5, 0.6) is 5.75 Å². The highest BCUT2D eigenvalue weighted by Gasteiger charge is 2.17. The summed E-state index contributed by atoms with van der Waals surface area (Å²) in [6.07, 6.45) is 7.65. The van der Waals surface area contributed by atoms with Gasteiger partial charge in [0.05, 0.1) is 11.9 Å². The van der Waals surface area contributed by atoms with Gasteiger partial charge in [0.1, 0.15) is 5.75 Å². The molecule has 0 bridgehead atoms. The molecule has 1 nitrogen and oxygen atoms in total. The van der Waals surface area contributed by atoms with E-state index < -0.39 is 0 Å². The molecule has 1 aromatic heterocycles. The van der Waals surface area contributed by atoms with Gasteiger partial charge in [-0.15, -0.1) is 11.3 Å². The number of fused-ring (bicyclic) bond motifs is 1. The Kier molecular flexibility index (Phi) is 5.02. The monoisotopic (exact) mass is 364 g/mol. The molecule has 0 spiro atoms. The van der Waals surface area contributed by atoms with Crippen molar-refractivity contribution in [3.8, 4) is 5.75 Å². The largest absolute Gasteiger partial charge is 0.497 e. The quantitative estimate of drug-likeness (QED) is 0.499. The number of rotatable bonds is 4. The maximum Gasteiger partial charge on any atom is 0.119 e. The molecular formula is C18H21BrOS. The van der Waals surface area contributed by atoms with Gasteiger partial charge in [0, 0.05) is 9.75 Å². The van der Waals surface area contributed by atoms with E-state index in [1.807, 2.05) is 17.4 Å². The average Bonchev–Trinajstić information content (AvgIpc) is 2.79. The first-order valence-corrected chi connectivity index (χ1v) is 9.38. The summed E-state index contributed by atoms with van der Waals surface area (Å²) in [6, 6.07) is 10.8. The van der Waals surface area contributed by atoms with Crippen molar-refractivity contribution in [2.75, 3.05) is 7.11 Å². The predicted molar refractivity (Wildman–Crippen MR) is 93.9 cm³/mol. The highest BCUT2D eigenvalue weighted by Crippen LogP contribution is 2.37. The molecule has 1 unspecified atom stereocenters. The number of hydrogen-bond acceptors (Lipinski definition) is 2. The maximum absolute atomic E-state index is 5.31. The molecule has 0 fully saturated rings. The smallest absolute Gasteiger partial charge is 0.119 e. The van der Waals surface area contributed by atoms with Crippen molar-refractivity contribution in [3.63, 3.8) is 0 Å². The number of aryl methyl sites for hydroxylation is 2. The van der Waals surface area contributed by atoms with Gasteiger partial charge in [0.15, 0.2) is 0 Å². The lowest BCUT2D eigenvalue weighted by Gasteiger charge is -2.09. The molecule has 0 aliphatic heterocycles. The number of benzene rings is 1. The normalized spacial score (nSPS) is 16.1. The van der Waals surface area contributed by atoms with Gasteiger partial charge < -0.3 is 4.74 Å². The van der Waals surface area contributed by atoms with Crippen molar-refractivity contribution in [2.24, 2.45) is 0 Å². The fourth-order valence-electron chi connectivity index (χ4n) is 2.95. The zero-order chi connectivity index (χ0) is 14.7. The van der Waals surface area contributed by atoms with Crippen LogP contribution in [0.15, 0.2) is 30.3 Å². The summed E-state index contributed by atoms with van der Waals surface area (Å²) in [4.78, 5) is 3.50. The zero-order valence-electron chi connectivity index (χ0n) is 12.4. The molecular weight excluding hydrogens is 344 g/mol. The molecule has 1 atom stereocenters. The van der Waals surface area contributed by atoms with E-state index in [1.165, 1.54) is 42.5 Å². The van der Waals surface area contributed by atoms with Crippen LogP contribution in [0.25, 0.3) is 0 Å². The number of halogens is 1. The van der Waals surface area contributed by atoms with Crippen LogP contribution in [-0.2, 0) is 19.3 Å². The van der Waals surface area contributed by atoms with Crippen LogP contribution in [-0.4, -0.2) is 7.11 Å². The summed E-state index contributed by atoms with van der Waals surface area (Å²) >= 11 is 5.89. The summed E-state index contributed by atoms with van der Waals surface area (Å²) in [5.41, 5.74) is 2.92. The Bertz CT molecular complexity index is 582. The standard InChI is InChI=1S/C18H21BrOS/c1-20-15-8-5-6-13(10-15)11-16(19)18-12-14-7-3-2-4-9-17(14)21-18/h5-6,8,10,12,16H,2-4,7,9,11H2,1H3. The number of thiophene rings is 1.